The summed E-state index contributed by atoms with van der Waals surface area (Å²) in [7, 11) is 0. The van der Waals surface area contributed by atoms with E-state index >= 15 is 0 Å². The van der Waals surface area contributed by atoms with Crippen molar-refractivity contribution in [3.63, 3.8) is 0 Å². The molecule has 5 aliphatic carbocycles. The summed E-state index contributed by atoms with van der Waals surface area (Å²) in [6, 6.07) is 0. The molecule has 1 unspecified atom stereocenters. The van der Waals surface area contributed by atoms with Crippen LogP contribution in [0.5, 0.6) is 0 Å². The number of amides is 1. The molecule has 0 aromatic carbocycles. The van der Waals surface area contributed by atoms with E-state index in [0.717, 1.165) is 56.2 Å². The van der Waals surface area contributed by atoms with E-state index in [9.17, 15) is 4.79 Å². The fourth-order valence-electron chi connectivity index (χ4n) is 6.59. The summed E-state index contributed by atoms with van der Waals surface area (Å²) in [6.45, 7) is 2.72. The van der Waals surface area contributed by atoms with Gasteiger partial charge in [0.2, 0.25) is 5.91 Å². The Kier molecular flexibility index (Phi) is 3.51. The highest BCUT2D eigenvalue weighted by Crippen LogP contribution is 2.61. The molecule has 1 aliphatic heterocycles. The summed E-state index contributed by atoms with van der Waals surface area (Å²) < 4.78 is 6.01. The molecule has 6 fully saturated rings. The van der Waals surface area contributed by atoms with Crippen LogP contribution in [0.15, 0.2) is 0 Å². The first-order chi connectivity index (χ1) is 11.2. The van der Waals surface area contributed by atoms with Crippen LogP contribution in [-0.4, -0.2) is 36.6 Å². The Hall–Kier alpha value is -0.570. The lowest BCUT2D eigenvalue weighted by Crippen LogP contribution is -2.48. The van der Waals surface area contributed by atoms with Gasteiger partial charge >= 0.3 is 0 Å². The van der Waals surface area contributed by atoms with Crippen molar-refractivity contribution in [3.8, 4) is 0 Å². The lowest BCUT2D eigenvalue weighted by molar-refractivity contribution is -0.139. The van der Waals surface area contributed by atoms with Gasteiger partial charge in [-0.2, -0.15) is 0 Å². The largest absolute Gasteiger partial charge is 0.376 e. The second-order valence-corrected chi connectivity index (χ2v) is 9.62. The molecular formula is C20H31NO2. The molecule has 1 atom stereocenters. The highest BCUT2D eigenvalue weighted by atomic mass is 16.5. The van der Waals surface area contributed by atoms with Crippen LogP contribution in [0.4, 0.5) is 0 Å². The lowest BCUT2D eigenvalue weighted by Gasteiger charge is -2.56. The average Bonchev–Trinajstić information content (AvgIpc) is 3.19. The maximum Gasteiger partial charge on any atom is 0.223 e. The SMILES string of the molecule is O=C(CC12CC3CC(CC(C3)C1)C2)N1CCC(OCC2CC2)C1. The molecule has 0 aromatic heterocycles. The predicted octanol–water partition coefficient (Wildman–Crippen LogP) is 3.62. The number of carbonyl (C=O) groups is 1. The van der Waals surface area contributed by atoms with E-state index in [2.05, 4.69) is 4.90 Å². The molecule has 0 radical (unpaired) electrons. The summed E-state index contributed by atoms with van der Waals surface area (Å²) in [5, 5.41) is 0. The number of likely N-dealkylation sites (tertiary alicyclic amines) is 1. The molecule has 5 saturated carbocycles. The molecule has 3 nitrogen and oxygen atoms in total. The van der Waals surface area contributed by atoms with Crippen molar-refractivity contribution in [2.75, 3.05) is 19.7 Å². The van der Waals surface area contributed by atoms with Crippen molar-refractivity contribution >= 4 is 5.91 Å². The highest BCUT2D eigenvalue weighted by Gasteiger charge is 2.51. The van der Waals surface area contributed by atoms with Crippen LogP contribution in [0.3, 0.4) is 0 Å². The Labute approximate surface area is 140 Å². The van der Waals surface area contributed by atoms with E-state index in [0.29, 0.717) is 17.4 Å². The summed E-state index contributed by atoms with van der Waals surface area (Å²) in [5.41, 5.74) is 0.388. The zero-order valence-electron chi connectivity index (χ0n) is 14.3. The van der Waals surface area contributed by atoms with E-state index in [-0.39, 0.29) is 0 Å². The number of carbonyl (C=O) groups excluding carboxylic acids is 1. The van der Waals surface area contributed by atoms with Crippen LogP contribution in [-0.2, 0) is 9.53 Å². The Morgan fingerprint density at radius 3 is 2.26 bits per heavy atom. The molecule has 6 rings (SSSR count). The molecule has 23 heavy (non-hydrogen) atoms. The third-order valence-electron chi connectivity index (χ3n) is 7.45. The monoisotopic (exact) mass is 317 g/mol. The maximum atomic E-state index is 12.9. The van der Waals surface area contributed by atoms with Crippen molar-refractivity contribution in [3.05, 3.63) is 0 Å². The number of ether oxygens (including phenoxy) is 1. The van der Waals surface area contributed by atoms with Crippen LogP contribution in [0.1, 0.15) is 64.2 Å². The van der Waals surface area contributed by atoms with Crippen LogP contribution in [0, 0.1) is 29.1 Å². The normalized spacial score (nSPS) is 45.0. The summed E-state index contributed by atoms with van der Waals surface area (Å²) in [4.78, 5) is 15.0. The third-order valence-corrected chi connectivity index (χ3v) is 7.45. The number of hydrogen-bond acceptors (Lipinski definition) is 2. The van der Waals surface area contributed by atoms with Gasteiger partial charge in [-0.15, -0.1) is 0 Å². The Balaban J connectivity index is 1.17. The van der Waals surface area contributed by atoms with Gasteiger partial charge in [0.1, 0.15) is 0 Å². The molecule has 0 N–H and O–H groups in total. The summed E-state index contributed by atoms with van der Waals surface area (Å²) >= 11 is 0. The topological polar surface area (TPSA) is 29.5 Å². The van der Waals surface area contributed by atoms with Crippen molar-refractivity contribution in [1.29, 1.82) is 0 Å². The van der Waals surface area contributed by atoms with Crippen LogP contribution < -0.4 is 0 Å². The second kappa shape index (κ2) is 5.47. The standard InChI is InChI=1S/C20H31NO2/c22-19(21-4-3-18(12-21)23-13-14-1-2-14)11-20-8-15-5-16(9-20)7-17(6-15)10-20/h14-18H,1-13H2. The van der Waals surface area contributed by atoms with Gasteiger partial charge in [-0.05, 0) is 86.9 Å². The molecule has 4 bridgehead atoms. The molecule has 128 valence electrons. The first-order valence-corrected chi connectivity index (χ1v) is 10.1. The van der Waals surface area contributed by atoms with Crippen LogP contribution >= 0.6 is 0 Å². The third kappa shape index (κ3) is 2.94. The van der Waals surface area contributed by atoms with Crippen molar-refractivity contribution < 1.29 is 9.53 Å². The summed E-state index contributed by atoms with van der Waals surface area (Å²) in [6.07, 6.45) is 13.3. The Bertz CT molecular complexity index is 449. The van der Waals surface area contributed by atoms with E-state index in [1.165, 1.54) is 51.4 Å². The number of hydrogen-bond donors (Lipinski definition) is 0. The van der Waals surface area contributed by atoms with Crippen LogP contribution in [0.25, 0.3) is 0 Å². The molecule has 1 amide bonds. The molecule has 0 aromatic rings. The Morgan fingerprint density at radius 1 is 1.00 bits per heavy atom. The minimum absolute atomic E-state index is 0.316. The zero-order chi connectivity index (χ0) is 15.4. The first-order valence-electron chi connectivity index (χ1n) is 10.1. The van der Waals surface area contributed by atoms with Gasteiger partial charge in [-0.3, -0.25) is 4.79 Å². The molecule has 6 aliphatic rings. The van der Waals surface area contributed by atoms with Gasteiger partial charge in [0.25, 0.3) is 0 Å². The Morgan fingerprint density at radius 2 is 1.65 bits per heavy atom. The summed E-state index contributed by atoms with van der Waals surface area (Å²) in [5.74, 6) is 4.10. The second-order valence-electron chi connectivity index (χ2n) is 9.62. The first kappa shape index (κ1) is 14.7. The zero-order valence-corrected chi connectivity index (χ0v) is 14.3. The van der Waals surface area contributed by atoms with Crippen LogP contribution in [0.2, 0.25) is 0 Å². The number of nitrogens with zero attached hydrogens (tertiary/aromatic N) is 1. The fraction of sp³-hybridized carbons (Fsp3) is 0.950. The molecule has 3 heteroatoms. The van der Waals surface area contributed by atoms with E-state index in [4.69, 9.17) is 4.74 Å². The minimum atomic E-state index is 0.316. The quantitative estimate of drug-likeness (QED) is 0.775. The van der Waals surface area contributed by atoms with Crippen molar-refractivity contribution in [2.45, 2.75) is 70.3 Å². The van der Waals surface area contributed by atoms with Gasteiger partial charge < -0.3 is 9.64 Å². The van der Waals surface area contributed by atoms with Gasteiger partial charge in [0.05, 0.1) is 6.10 Å². The van der Waals surface area contributed by atoms with Gasteiger partial charge in [0.15, 0.2) is 0 Å². The van der Waals surface area contributed by atoms with E-state index < -0.39 is 0 Å². The fourth-order valence-corrected chi connectivity index (χ4v) is 6.59. The average molecular weight is 317 g/mol. The molecule has 1 heterocycles. The highest BCUT2D eigenvalue weighted by molar-refractivity contribution is 5.77. The van der Waals surface area contributed by atoms with Gasteiger partial charge in [-0.1, -0.05) is 0 Å². The van der Waals surface area contributed by atoms with E-state index in [1.807, 2.05) is 0 Å². The smallest absolute Gasteiger partial charge is 0.223 e. The van der Waals surface area contributed by atoms with Gasteiger partial charge in [-0.25, -0.2) is 0 Å². The van der Waals surface area contributed by atoms with E-state index in [1.54, 1.807) is 0 Å². The minimum Gasteiger partial charge on any atom is -0.376 e. The van der Waals surface area contributed by atoms with Crippen molar-refractivity contribution in [2.24, 2.45) is 29.1 Å². The molecule has 1 saturated heterocycles. The molecule has 0 spiro atoms. The lowest BCUT2D eigenvalue weighted by atomic mass is 9.49. The van der Waals surface area contributed by atoms with Crippen molar-refractivity contribution in [1.82, 2.24) is 4.90 Å². The predicted molar refractivity (Wildman–Crippen MR) is 88.9 cm³/mol. The maximum absolute atomic E-state index is 12.9. The number of rotatable bonds is 5. The molecular weight excluding hydrogens is 286 g/mol. The van der Waals surface area contributed by atoms with Gasteiger partial charge in [0, 0.05) is 26.1 Å².